The fourth-order valence-corrected chi connectivity index (χ4v) is 1.68. The van der Waals surface area contributed by atoms with Crippen LogP contribution >= 0.6 is 0 Å². The molecule has 0 aliphatic carbocycles. The van der Waals surface area contributed by atoms with Crippen LogP contribution in [0.2, 0.25) is 0 Å². The lowest BCUT2D eigenvalue weighted by Gasteiger charge is -2.07. The van der Waals surface area contributed by atoms with E-state index >= 15 is 0 Å². The number of amides is 1. The number of para-hydroxylation sites is 1. The van der Waals surface area contributed by atoms with Gasteiger partial charge in [-0.15, -0.1) is 0 Å². The van der Waals surface area contributed by atoms with Gasteiger partial charge >= 0.3 is 12.1 Å². The molecule has 0 aromatic heterocycles. The lowest BCUT2D eigenvalue weighted by Crippen LogP contribution is -2.16. The van der Waals surface area contributed by atoms with E-state index in [1.807, 2.05) is 6.07 Å². The normalized spacial score (nSPS) is 9.76. The Hall–Kier alpha value is -2.82. The molecular formula is C16H15NO4. The van der Waals surface area contributed by atoms with E-state index in [1.165, 1.54) is 7.11 Å². The molecule has 1 amide bonds. The Balaban J connectivity index is 1.91. The second kappa shape index (κ2) is 7.09. The van der Waals surface area contributed by atoms with Crippen molar-refractivity contribution in [3.63, 3.8) is 0 Å². The molecule has 0 saturated heterocycles. The van der Waals surface area contributed by atoms with Crippen LogP contribution in [0.1, 0.15) is 5.56 Å². The quantitative estimate of drug-likeness (QED) is 0.877. The summed E-state index contributed by atoms with van der Waals surface area (Å²) in [5.74, 6) is 0.163. The van der Waals surface area contributed by atoms with Gasteiger partial charge in [0.25, 0.3) is 0 Å². The van der Waals surface area contributed by atoms with Gasteiger partial charge in [0.05, 0.1) is 13.5 Å². The van der Waals surface area contributed by atoms with E-state index in [2.05, 4.69) is 10.1 Å². The number of benzene rings is 2. The lowest BCUT2D eigenvalue weighted by molar-refractivity contribution is -0.139. The van der Waals surface area contributed by atoms with E-state index in [4.69, 9.17) is 4.74 Å². The summed E-state index contributed by atoms with van der Waals surface area (Å²) in [7, 11) is 1.35. The highest BCUT2D eigenvalue weighted by molar-refractivity contribution is 5.86. The van der Waals surface area contributed by atoms with Gasteiger partial charge in [-0.05, 0) is 29.8 Å². The summed E-state index contributed by atoms with van der Waals surface area (Å²) in [5, 5.41) is 2.61. The van der Waals surface area contributed by atoms with Gasteiger partial charge in [0, 0.05) is 5.69 Å². The molecule has 21 heavy (non-hydrogen) atoms. The van der Waals surface area contributed by atoms with E-state index in [0.717, 1.165) is 5.56 Å². The van der Waals surface area contributed by atoms with Crippen LogP contribution in [0, 0.1) is 0 Å². The van der Waals surface area contributed by atoms with E-state index in [9.17, 15) is 9.59 Å². The van der Waals surface area contributed by atoms with Gasteiger partial charge in [-0.3, -0.25) is 10.1 Å². The Morgan fingerprint density at radius 1 is 1.00 bits per heavy atom. The van der Waals surface area contributed by atoms with Crippen molar-refractivity contribution in [2.75, 3.05) is 12.4 Å². The van der Waals surface area contributed by atoms with Gasteiger partial charge in [-0.1, -0.05) is 30.3 Å². The maximum absolute atomic E-state index is 11.7. The zero-order chi connectivity index (χ0) is 15.1. The van der Waals surface area contributed by atoms with Gasteiger partial charge in [0.15, 0.2) is 0 Å². The van der Waals surface area contributed by atoms with Crippen LogP contribution in [0.4, 0.5) is 10.5 Å². The number of esters is 1. The van der Waals surface area contributed by atoms with Crippen molar-refractivity contribution in [3.8, 4) is 5.75 Å². The molecule has 0 aliphatic rings. The third kappa shape index (κ3) is 4.65. The van der Waals surface area contributed by atoms with E-state index in [-0.39, 0.29) is 12.4 Å². The zero-order valence-corrected chi connectivity index (χ0v) is 11.5. The summed E-state index contributed by atoms with van der Waals surface area (Å²) < 4.78 is 9.69. The average molecular weight is 285 g/mol. The standard InChI is InChI=1S/C16H15NO4/c1-20-15(18)11-12-7-9-13(10-8-12)17-16(19)21-14-5-3-2-4-6-14/h2-10H,11H2,1H3,(H,17,19). The van der Waals surface area contributed by atoms with Gasteiger partial charge in [0.1, 0.15) is 5.75 Å². The summed E-state index contributed by atoms with van der Waals surface area (Å²) >= 11 is 0. The third-order valence-corrected chi connectivity index (χ3v) is 2.73. The molecule has 2 rings (SSSR count). The molecule has 0 fully saturated rings. The number of carbonyl (C=O) groups is 2. The minimum Gasteiger partial charge on any atom is -0.469 e. The summed E-state index contributed by atoms with van der Waals surface area (Å²) in [6.45, 7) is 0. The topological polar surface area (TPSA) is 64.6 Å². The van der Waals surface area contributed by atoms with Crippen molar-refractivity contribution < 1.29 is 19.1 Å². The lowest BCUT2D eigenvalue weighted by atomic mass is 10.1. The summed E-state index contributed by atoms with van der Waals surface area (Å²) in [4.78, 5) is 22.8. The molecule has 0 spiro atoms. The monoisotopic (exact) mass is 285 g/mol. The molecule has 0 bridgehead atoms. The molecule has 0 aliphatic heterocycles. The Morgan fingerprint density at radius 3 is 2.29 bits per heavy atom. The van der Waals surface area contributed by atoms with E-state index in [0.29, 0.717) is 11.4 Å². The fourth-order valence-electron chi connectivity index (χ4n) is 1.68. The first-order chi connectivity index (χ1) is 10.2. The van der Waals surface area contributed by atoms with Crippen LogP contribution in [0.25, 0.3) is 0 Å². The predicted octanol–water partition coefficient (Wildman–Crippen LogP) is 3.01. The number of hydrogen-bond acceptors (Lipinski definition) is 4. The number of rotatable bonds is 4. The molecular weight excluding hydrogens is 270 g/mol. The number of ether oxygens (including phenoxy) is 2. The second-order valence-electron chi connectivity index (χ2n) is 4.28. The minimum atomic E-state index is -0.568. The maximum Gasteiger partial charge on any atom is 0.417 e. The first kappa shape index (κ1) is 14.6. The van der Waals surface area contributed by atoms with Gasteiger partial charge in [-0.2, -0.15) is 0 Å². The number of carbonyl (C=O) groups excluding carboxylic acids is 2. The van der Waals surface area contributed by atoms with Gasteiger partial charge in [-0.25, -0.2) is 4.79 Å². The number of hydrogen-bond donors (Lipinski definition) is 1. The highest BCUT2D eigenvalue weighted by atomic mass is 16.6. The molecule has 0 saturated carbocycles. The Labute approximate surface area is 122 Å². The van der Waals surface area contributed by atoms with Crippen LogP contribution in [0.5, 0.6) is 5.75 Å². The molecule has 108 valence electrons. The fraction of sp³-hybridized carbons (Fsp3) is 0.125. The SMILES string of the molecule is COC(=O)Cc1ccc(NC(=O)Oc2ccccc2)cc1. The first-order valence-electron chi connectivity index (χ1n) is 6.37. The highest BCUT2D eigenvalue weighted by Gasteiger charge is 2.06. The molecule has 1 N–H and O–H groups in total. The van der Waals surface area contributed by atoms with Crippen molar-refractivity contribution >= 4 is 17.7 Å². The van der Waals surface area contributed by atoms with E-state index < -0.39 is 6.09 Å². The summed E-state index contributed by atoms with van der Waals surface area (Å²) in [5.41, 5.74) is 1.40. The van der Waals surface area contributed by atoms with Crippen LogP contribution in [-0.2, 0) is 16.0 Å². The molecule has 5 nitrogen and oxygen atoms in total. The Bertz CT molecular complexity index is 608. The molecule has 2 aromatic rings. The Kier molecular flexibility index (Phi) is 4.93. The maximum atomic E-state index is 11.7. The van der Waals surface area contributed by atoms with Crippen molar-refractivity contribution in [3.05, 3.63) is 60.2 Å². The first-order valence-corrected chi connectivity index (χ1v) is 6.37. The summed E-state index contributed by atoms with van der Waals surface area (Å²) in [6, 6.07) is 15.7. The van der Waals surface area contributed by atoms with Crippen molar-refractivity contribution in [1.29, 1.82) is 0 Å². The minimum absolute atomic E-state index is 0.200. The van der Waals surface area contributed by atoms with Crippen LogP contribution in [-0.4, -0.2) is 19.2 Å². The molecule has 0 unspecified atom stereocenters. The number of methoxy groups -OCH3 is 1. The molecule has 0 radical (unpaired) electrons. The Morgan fingerprint density at radius 2 is 1.67 bits per heavy atom. The molecule has 0 heterocycles. The predicted molar refractivity (Wildman–Crippen MR) is 78.3 cm³/mol. The van der Waals surface area contributed by atoms with Gasteiger partial charge < -0.3 is 9.47 Å². The van der Waals surface area contributed by atoms with Crippen molar-refractivity contribution in [1.82, 2.24) is 0 Å². The zero-order valence-electron chi connectivity index (χ0n) is 11.5. The van der Waals surface area contributed by atoms with Crippen LogP contribution in [0.15, 0.2) is 54.6 Å². The largest absolute Gasteiger partial charge is 0.469 e. The second-order valence-corrected chi connectivity index (χ2v) is 4.28. The van der Waals surface area contributed by atoms with Crippen LogP contribution < -0.4 is 10.1 Å². The van der Waals surface area contributed by atoms with Crippen molar-refractivity contribution in [2.45, 2.75) is 6.42 Å². The molecule has 0 atom stereocenters. The van der Waals surface area contributed by atoms with E-state index in [1.54, 1.807) is 48.5 Å². The van der Waals surface area contributed by atoms with Gasteiger partial charge in [0.2, 0.25) is 0 Å². The third-order valence-electron chi connectivity index (χ3n) is 2.73. The number of nitrogens with one attached hydrogen (secondary N) is 1. The highest BCUT2D eigenvalue weighted by Crippen LogP contribution is 2.13. The molecule has 5 heteroatoms. The summed E-state index contributed by atoms with van der Waals surface area (Å²) in [6.07, 6.45) is -0.368. The van der Waals surface area contributed by atoms with Crippen LogP contribution in [0.3, 0.4) is 0 Å². The number of anilines is 1. The average Bonchev–Trinajstić information content (AvgIpc) is 2.50. The molecule has 2 aromatic carbocycles. The van der Waals surface area contributed by atoms with Crippen molar-refractivity contribution in [2.24, 2.45) is 0 Å². The smallest absolute Gasteiger partial charge is 0.417 e.